The summed E-state index contributed by atoms with van der Waals surface area (Å²) in [5.74, 6) is -0.437. The maximum Gasteiger partial charge on any atom is 0.305 e. The highest BCUT2D eigenvalue weighted by Crippen LogP contribution is 2.24. The zero-order valence-electron chi connectivity index (χ0n) is 26.5. The van der Waals surface area contributed by atoms with Crippen molar-refractivity contribution >= 4 is 17.8 Å². The summed E-state index contributed by atoms with van der Waals surface area (Å²) >= 11 is 0. The highest BCUT2D eigenvalue weighted by molar-refractivity contribution is 5.97. The lowest BCUT2D eigenvalue weighted by molar-refractivity contribution is -0.137. The third-order valence-corrected chi connectivity index (χ3v) is 7.58. The second kappa shape index (κ2) is 17.4. The van der Waals surface area contributed by atoms with E-state index < -0.39 is 17.9 Å². The molecule has 240 valence electrons. The molecule has 9 nitrogen and oxygen atoms in total. The minimum absolute atomic E-state index is 0.0333. The van der Waals surface area contributed by atoms with Gasteiger partial charge in [-0.2, -0.15) is 0 Å². The maximum absolute atomic E-state index is 13.0. The molecule has 1 unspecified atom stereocenters. The molecule has 1 heterocycles. The van der Waals surface area contributed by atoms with E-state index in [9.17, 15) is 14.4 Å². The van der Waals surface area contributed by atoms with E-state index in [2.05, 4.69) is 27.5 Å². The molecule has 2 amide bonds. The third kappa shape index (κ3) is 10.5. The minimum Gasteiger partial charge on any atom is -0.494 e. The predicted octanol–water partition coefficient (Wildman–Crippen LogP) is 6.40. The molecule has 9 heteroatoms. The third-order valence-electron chi connectivity index (χ3n) is 7.58. The van der Waals surface area contributed by atoms with Crippen LogP contribution in [0.1, 0.15) is 66.9 Å². The van der Waals surface area contributed by atoms with Crippen molar-refractivity contribution in [1.82, 2.24) is 20.6 Å². The molecule has 0 saturated heterocycles. The minimum atomic E-state index is -1.02. The van der Waals surface area contributed by atoms with Crippen LogP contribution in [0.4, 0.5) is 0 Å². The monoisotopic (exact) mass is 622 g/mol. The molecule has 1 atom stereocenters. The molecule has 0 aliphatic heterocycles. The largest absolute Gasteiger partial charge is 0.494 e. The Morgan fingerprint density at radius 3 is 2.11 bits per heavy atom. The number of aromatic nitrogens is 2. The molecule has 0 spiro atoms. The zero-order chi connectivity index (χ0) is 32.7. The quantitative estimate of drug-likeness (QED) is 0.116. The normalized spacial score (nSPS) is 11.4. The van der Waals surface area contributed by atoms with Gasteiger partial charge in [0.25, 0.3) is 5.91 Å². The van der Waals surface area contributed by atoms with E-state index in [0.717, 1.165) is 46.6 Å². The Kier molecular flexibility index (Phi) is 12.8. The van der Waals surface area contributed by atoms with Crippen LogP contribution in [0.2, 0.25) is 0 Å². The lowest BCUT2D eigenvalue weighted by Gasteiger charge is -2.19. The van der Waals surface area contributed by atoms with Crippen molar-refractivity contribution in [3.05, 3.63) is 102 Å². The van der Waals surface area contributed by atoms with Crippen molar-refractivity contribution in [3.63, 3.8) is 0 Å². The van der Waals surface area contributed by atoms with E-state index in [1.165, 1.54) is 25.7 Å². The predicted molar refractivity (Wildman–Crippen MR) is 179 cm³/mol. The summed E-state index contributed by atoms with van der Waals surface area (Å²) in [5, 5.41) is 14.3. The molecular formula is C37H42N4O5. The van der Waals surface area contributed by atoms with E-state index >= 15 is 0 Å². The number of benzene rings is 3. The van der Waals surface area contributed by atoms with Gasteiger partial charge in [0.1, 0.15) is 11.8 Å². The molecule has 0 saturated carbocycles. The van der Waals surface area contributed by atoms with Gasteiger partial charge in [-0.25, -0.2) is 9.97 Å². The molecule has 3 N–H and O–H groups in total. The summed E-state index contributed by atoms with van der Waals surface area (Å²) in [6, 6.07) is 21.6. The fraction of sp³-hybridized carbons (Fsp3) is 0.324. The van der Waals surface area contributed by atoms with Gasteiger partial charge in [-0.1, -0.05) is 86.7 Å². The van der Waals surface area contributed by atoms with Gasteiger partial charge in [0.2, 0.25) is 5.91 Å². The van der Waals surface area contributed by atoms with E-state index in [4.69, 9.17) is 9.84 Å². The highest BCUT2D eigenvalue weighted by Gasteiger charge is 2.22. The number of carbonyl (C=O) groups is 3. The van der Waals surface area contributed by atoms with Gasteiger partial charge in [0.05, 0.1) is 13.0 Å². The topological polar surface area (TPSA) is 131 Å². The second-order valence-corrected chi connectivity index (χ2v) is 11.3. The van der Waals surface area contributed by atoms with Gasteiger partial charge >= 0.3 is 5.97 Å². The molecule has 0 aliphatic carbocycles. The summed E-state index contributed by atoms with van der Waals surface area (Å²) < 4.78 is 5.87. The first kappa shape index (κ1) is 33.8. The first-order chi connectivity index (χ1) is 22.3. The maximum atomic E-state index is 13.0. The fourth-order valence-electron chi connectivity index (χ4n) is 4.86. The summed E-state index contributed by atoms with van der Waals surface area (Å²) in [6.45, 7) is 4.83. The average Bonchev–Trinajstić information content (AvgIpc) is 3.07. The number of aryl methyl sites for hydroxylation is 1. The first-order valence-corrected chi connectivity index (χ1v) is 15.8. The lowest BCUT2D eigenvalue weighted by atomic mass is 10.0. The Bertz CT molecular complexity index is 1550. The van der Waals surface area contributed by atoms with Crippen molar-refractivity contribution in [2.24, 2.45) is 0 Å². The van der Waals surface area contributed by atoms with Crippen molar-refractivity contribution < 1.29 is 24.2 Å². The van der Waals surface area contributed by atoms with E-state index in [1.807, 2.05) is 67.6 Å². The number of unbranched alkanes of at least 4 members (excludes halogenated alkanes) is 4. The molecule has 0 fully saturated rings. The molecule has 0 aliphatic rings. The average molecular weight is 623 g/mol. The Balaban J connectivity index is 1.37. The Hall–Kier alpha value is -5.05. The molecule has 0 bridgehead atoms. The van der Waals surface area contributed by atoms with Gasteiger partial charge in [-0.3, -0.25) is 14.4 Å². The molecule has 0 radical (unpaired) electrons. The highest BCUT2D eigenvalue weighted by atomic mass is 16.5. The number of hydrogen-bond donors (Lipinski definition) is 3. The second-order valence-electron chi connectivity index (χ2n) is 11.3. The fourth-order valence-corrected chi connectivity index (χ4v) is 4.86. The number of ether oxygens (including phenoxy) is 1. The summed E-state index contributed by atoms with van der Waals surface area (Å²) in [4.78, 5) is 45.9. The molecule has 4 rings (SSSR count). The van der Waals surface area contributed by atoms with E-state index in [1.54, 1.807) is 24.5 Å². The number of nitrogens with zero attached hydrogens (tertiary/aromatic N) is 2. The van der Waals surface area contributed by atoms with Crippen LogP contribution >= 0.6 is 0 Å². The van der Waals surface area contributed by atoms with Gasteiger partial charge in [0.15, 0.2) is 5.82 Å². The molecule has 4 aromatic rings. The van der Waals surface area contributed by atoms with Gasteiger partial charge in [-0.15, -0.1) is 0 Å². The van der Waals surface area contributed by atoms with Crippen LogP contribution in [0, 0.1) is 6.92 Å². The SMILES string of the molecule is CCCCCCCOc1ccc(-c2cnc(-c3ccc(CC(NC(=O)c4ccc(C)cc4)C(=O)NCCC(=O)O)cc3)nc2)cc1. The Morgan fingerprint density at radius 1 is 0.804 bits per heavy atom. The summed E-state index contributed by atoms with van der Waals surface area (Å²) in [5.41, 5.74) is 4.96. The van der Waals surface area contributed by atoms with Crippen LogP contribution in [-0.2, 0) is 16.0 Å². The Morgan fingerprint density at radius 2 is 1.46 bits per heavy atom. The van der Waals surface area contributed by atoms with E-state index in [0.29, 0.717) is 11.4 Å². The number of nitrogens with one attached hydrogen (secondary N) is 2. The van der Waals surface area contributed by atoms with Crippen LogP contribution in [0.15, 0.2) is 85.2 Å². The smallest absolute Gasteiger partial charge is 0.305 e. The molecule has 1 aromatic heterocycles. The van der Waals surface area contributed by atoms with Crippen molar-refractivity contribution in [1.29, 1.82) is 0 Å². The molecule has 46 heavy (non-hydrogen) atoms. The number of carbonyl (C=O) groups excluding carboxylic acids is 2. The van der Waals surface area contributed by atoms with Crippen LogP contribution in [0.5, 0.6) is 5.75 Å². The first-order valence-electron chi connectivity index (χ1n) is 15.8. The number of aliphatic carboxylic acids is 1. The number of amides is 2. The molecule has 3 aromatic carbocycles. The lowest BCUT2D eigenvalue weighted by Crippen LogP contribution is -2.48. The van der Waals surface area contributed by atoms with Crippen LogP contribution < -0.4 is 15.4 Å². The number of carboxylic acid groups (broad SMARTS) is 1. The van der Waals surface area contributed by atoms with Crippen molar-refractivity contribution in [2.45, 2.75) is 64.8 Å². The zero-order valence-corrected chi connectivity index (χ0v) is 26.5. The number of rotatable bonds is 17. The van der Waals surface area contributed by atoms with E-state index in [-0.39, 0.29) is 25.3 Å². The van der Waals surface area contributed by atoms with Crippen LogP contribution in [0.3, 0.4) is 0 Å². The summed E-state index contributed by atoms with van der Waals surface area (Å²) in [6.07, 6.45) is 9.60. The van der Waals surface area contributed by atoms with Crippen molar-refractivity contribution in [3.8, 4) is 28.3 Å². The molecular weight excluding hydrogens is 580 g/mol. The summed E-state index contributed by atoms with van der Waals surface area (Å²) in [7, 11) is 0. The van der Waals surface area contributed by atoms with Crippen LogP contribution in [-0.4, -0.2) is 52.1 Å². The van der Waals surface area contributed by atoms with Gasteiger partial charge < -0.3 is 20.5 Å². The van der Waals surface area contributed by atoms with Gasteiger partial charge in [-0.05, 0) is 48.7 Å². The Labute approximate surface area is 270 Å². The standard InChI is InChI=1S/C37H42N4O5/c1-3-4-5-6-7-22-46-32-18-16-28(17-19-32)31-24-39-35(40-25-31)29-14-10-27(11-15-29)23-33(37(45)38-21-20-34(42)43)41-36(44)30-12-8-26(2)9-13-30/h8-19,24-25,33H,3-7,20-23H2,1-2H3,(H,38,45)(H,41,44)(H,42,43). The van der Waals surface area contributed by atoms with Gasteiger partial charge in [0, 0.05) is 42.0 Å². The number of hydrogen-bond acceptors (Lipinski definition) is 6. The number of carboxylic acids is 1. The van der Waals surface area contributed by atoms with Crippen molar-refractivity contribution in [2.75, 3.05) is 13.2 Å². The van der Waals surface area contributed by atoms with Crippen LogP contribution in [0.25, 0.3) is 22.5 Å².